The van der Waals surface area contributed by atoms with Gasteiger partial charge in [-0.2, -0.15) is 0 Å². The molecular weight excluding hydrogens is 557 g/mol. The molecule has 0 fully saturated rings. The first-order chi connectivity index (χ1) is 21.8. The molecule has 10 rings (SSSR count). The van der Waals surface area contributed by atoms with Crippen molar-refractivity contribution >= 4 is 86.3 Å². The van der Waals surface area contributed by atoms with Crippen LogP contribution >= 0.6 is 11.3 Å². The van der Waals surface area contributed by atoms with Crippen molar-refractivity contribution in [2.45, 2.75) is 0 Å². The molecule has 204 valence electrons. The minimum atomic E-state index is 0.565. The molecule has 0 radical (unpaired) electrons. The number of rotatable bonds is 2. The lowest BCUT2D eigenvalue weighted by Gasteiger charge is -2.09. The topological polar surface area (TPSA) is 38.9 Å². The van der Waals surface area contributed by atoms with Gasteiger partial charge in [-0.05, 0) is 57.3 Å². The Labute approximate surface area is 255 Å². The lowest BCUT2D eigenvalue weighted by molar-refractivity contribution is 0.655. The number of fused-ring (bicyclic) bond motifs is 12. The lowest BCUT2D eigenvalue weighted by atomic mass is 9.97. The van der Waals surface area contributed by atoms with E-state index in [9.17, 15) is 0 Å². The molecule has 3 nitrogen and oxygen atoms in total. The maximum Gasteiger partial charge on any atom is 0.246 e. The summed E-state index contributed by atoms with van der Waals surface area (Å²) in [6.45, 7) is 0. The van der Waals surface area contributed by atoms with Crippen molar-refractivity contribution < 1.29 is 4.42 Å². The van der Waals surface area contributed by atoms with Crippen LogP contribution in [-0.2, 0) is 0 Å². The first-order valence-electron chi connectivity index (χ1n) is 14.7. The van der Waals surface area contributed by atoms with Crippen LogP contribution in [0.1, 0.15) is 0 Å². The van der Waals surface area contributed by atoms with Crippen LogP contribution < -0.4 is 0 Å². The number of aromatic nitrogens is 2. The van der Waals surface area contributed by atoms with Crippen molar-refractivity contribution in [2.24, 2.45) is 0 Å². The van der Waals surface area contributed by atoms with Crippen LogP contribution in [-0.4, -0.2) is 9.97 Å². The van der Waals surface area contributed by atoms with E-state index in [0.717, 1.165) is 49.4 Å². The molecule has 0 aliphatic rings. The first-order valence-corrected chi connectivity index (χ1v) is 15.6. The normalized spacial score (nSPS) is 12.1. The summed E-state index contributed by atoms with van der Waals surface area (Å²) >= 11 is 1.86. The van der Waals surface area contributed by atoms with Crippen molar-refractivity contribution in [3.63, 3.8) is 0 Å². The standard InChI is InChI=1S/C40H22N2OS/c1-3-14-30-27(11-1)28-12-2-4-15-31(28)37-36(30)41-38-33-22-24(19-20-34(33)43-40(38)42-37)23-9-7-10-25(21-23)26-16-8-17-32-29-13-5-6-18-35(29)44-39(26)32/h1-22H. The Hall–Kier alpha value is -5.58. The van der Waals surface area contributed by atoms with Gasteiger partial charge in [0, 0.05) is 36.3 Å². The van der Waals surface area contributed by atoms with Crippen LogP contribution in [0.2, 0.25) is 0 Å². The Bertz CT molecular complexity index is 2790. The summed E-state index contributed by atoms with van der Waals surface area (Å²) < 4.78 is 8.95. The third kappa shape index (κ3) is 3.37. The maximum atomic E-state index is 6.31. The molecule has 0 bridgehead atoms. The zero-order valence-electron chi connectivity index (χ0n) is 23.4. The second-order valence-corrected chi connectivity index (χ2v) is 12.4. The summed E-state index contributed by atoms with van der Waals surface area (Å²) in [6, 6.07) is 47.4. The third-order valence-corrected chi connectivity index (χ3v) is 10.1. The molecule has 7 aromatic carbocycles. The van der Waals surface area contributed by atoms with E-state index in [2.05, 4.69) is 127 Å². The number of hydrogen-bond donors (Lipinski definition) is 0. The van der Waals surface area contributed by atoms with Crippen molar-refractivity contribution in [1.29, 1.82) is 0 Å². The first kappa shape index (κ1) is 23.9. The van der Waals surface area contributed by atoms with Crippen LogP contribution in [0.5, 0.6) is 0 Å². The summed E-state index contributed by atoms with van der Waals surface area (Å²) in [7, 11) is 0. The fraction of sp³-hybridized carbons (Fsp3) is 0. The summed E-state index contributed by atoms with van der Waals surface area (Å²) in [5.41, 5.74) is 8.67. The van der Waals surface area contributed by atoms with Crippen LogP contribution in [0.4, 0.5) is 0 Å². The minimum Gasteiger partial charge on any atom is -0.436 e. The largest absolute Gasteiger partial charge is 0.436 e. The van der Waals surface area contributed by atoms with E-state index in [1.165, 1.54) is 42.1 Å². The van der Waals surface area contributed by atoms with Gasteiger partial charge in [-0.25, -0.2) is 9.97 Å². The predicted molar refractivity (Wildman–Crippen MR) is 186 cm³/mol. The SMILES string of the molecule is c1cc(-c2ccc3oc4nc5c6ccccc6c6ccccc6c5nc4c3c2)cc(-c2cccc3c2sc2ccccc23)c1. The Kier molecular flexibility index (Phi) is 4.87. The van der Waals surface area contributed by atoms with Crippen molar-refractivity contribution in [2.75, 3.05) is 0 Å². The molecule has 44 heavy (non-hydrogen) atoms. The van der Waals surface area contributed by atoms with Crippen LogP contribution in [0.15, 0.2) is 138 Å². The van der Waals surface area contributed by atoms with E-state index in [0.29, 0.717) is 5.71 Å². The van der Waals surface area contributed by atoms with Gasteiger partial charge in [-0.3, -0.25) is 0 Å². The van der Waals surface area contributed by atoms with Gasteiger partial charge in [0.05, 0.1) is 5.52 Å². The molecule has 0 saturated carbocycles. The second kappa shape index (κ2) is 8.96. The number of thiophene rings is 1. The Balaban J connectivity index is 1.17. The lowest BCUT2D eigenvalue weighted by Crippen LogP contribution is -1.89. The van der Waals surface area contributed by atoms with Crippen LogP contribution in [0, 0.1) is 0 Å². The van der Waals surface area contributed by atoms with Gasteiger partial charge in [0.25, 0.3) is 0 Å². The summed E-state index contributed by atoms with van der Waals surface area (Å²) in [5.74, 6) is 0. The number of nitrogens with zero attached hydrogens (tertiary/aromatic N) is 2. The number of hydrogen-bond acceptors (Lipinski definition) is 4. The monoisotopic (exact) mass is 578 g/mol. The van der Waals surface area contributed by atoms with Gasteiger partial charge in [-0.15, -0.1) is 11.3 Å². The summed E-state index contributed by atoms with van der Waals surface area (Å²) in [4.78, 5) is 10.3. The van der Waals surface area contributed by atoms with E-state index in [4.69, 9.17) is 14.4 Å². The van der Waals surface area contributed by atoms with Gasteiger partial charge in [0.1, 0.15) is 16.6 Å². The van der Waals surface area contributed by atoms with Crippen molar-refractivity contribution in [3.8, 4) is 22.3 Å². The molecule has 0 aliphatic heterocycles. The second-order valence-electron chi connectivity index (χ2n) is 11.3. The molecule has 3 aromatic heterocycles. The fourth-order valence-corrected chi connectivity index (χ4v) is 8.06. The molecule has 0 saturated heterocycles. The van der Waals surface area contributed by atoms with Gasteiger partial charge in [-0.1, -0.05) is 109 Å². The molecule has 4 heteroatoms. The smallest absolute Gasteiger partial charge is 0.246 e. The molecule has 0 amide bonds. The van der Waals surface area contributed by atoms with Crippen LogP contribution in [0.3, 0.4) is 0 Å². The van der Waals surface area contributed by atoms with Gasteiger partial charge >= 0.3 is 0 Å². The highest BCUT2D eigenvalue weighted by Gasteiger charge is 2.17. The zero-order chi connectivity index (χ0) is 28.8. The Morgan fingerprint density at radius 1 is 0.432 bits per heavy atom. The Morgan fingerprint density at radius 3 is 1.89 bits per heavy atom. The zero-order valence-corrected chi connectivity index (χ0v) is 24.2. The average Bonchev–Trinajstić information content (AvgIpc) is 3.65. The highest BCUT2D eigenvalue weighted by molar-refractivity contribution is 7.26. The van der Waals surface area contributed by atoms with E-state index < -0.39 is 0 Å². The molecule has 0 aliphatic carbocycles. The molecule has 0 atom stereocenters. The fourth-order valence-electron chi connectivity index (χ4n) is 6.82. The van der Waals surface area contributed by atoms with Crippen molar-refractivity contribution in [1.82, 2.24) is 9.97 Å². The molecule has 3 heterocycles. The molecule has 0 spiro atoms. The summed E-state index contributed by atoms with van der Waals surface area (Å²) in [5, 5.41) is 8.15. The molecular formula is C40H22N2OS. The predicted octanol–water partition coefficient (Wildman–Crippen LogP) is 11.5. The minimum absolute atomic E-state index is 0.565. The highest BCUT2D eigenvalue weighted by Crippen LogP contribution is 2.41. The number of benzene rings is 7. The quantitative estimate of drug-likeness (QED) is 0.192. The summed E-state index contributed by atoms with van der Waals surface area (Å²) in [6.07, 6.45) is 0. The van der Waals surface area contributed by atoms with Gasteiger partial charge in [0.15, 0.2) is 0 Å². The van der Waals surface area contributed by atoms with E-state index in [1.807, 2.05) is 17.4 Å². The molecule has 0 N–H and O–H groups in total. The van der Waals surface area contributed by atoms with E-state index in [-0.39, 0.29) is 0 Å². The Morgan fingerprint density at radius 2 is 1.07 bits per heavy atom. The van der Waals surface area contributed by atoms with Crippen molar-refractivity contribution in [3.05, 3.63) is 133 Å². The number of furan rings is 1. The van der Waals surface area contributed by atoms with E-state index in [1.54, 1.807) is 0 Å². The molecule has 0 unspecified atom stereocenters. The maximum absolute atomic E-state index is 6.31. The average molecular weight is 579 g/mol. The highest BCUT2D eigenvalue weighted by atomic mass is 32.1. The van der Waals surface area contributed by atoms with E-state index >= 15 is 0 Å². The van der Waals surface area contributed by atoms with Gasteiger partial charge < -0.3 is 4.42 Å². The van der Waals surface area contributed by atoms with Gasteiger partial charge in [0.2, 0.25) is 5.71 Å². The van der Waals surface area contributed by atoms with Crippen LogP contribution in [0.25, 0.3) is 97.2 Å². The molecule has 10 aromatic rings. The third-order valence-electron chi connectivity index (χ3n) is 8.87.